The maximum Gasteiger partial charge on any atom is 0.250 e. The number of thiophene rings is 1. The van der Waals surface area contributed by atoms with Crippen molar-refractivity contribution >= 4 is 62.1 Å². The summed E-state index contributed by atoms with van der Waals surface area (Å²) in [5, 5.41) is 5.12. The van der Waals surface area contributed by atoms with Gasteiger partial charge in [-0.3, -0.25) is 9.59 Å². The number of rotatable bonds is 6. The summed E-state index contributed by atoms with van der Waals surface area (Å²) in [6, 6.07) is 6.05. The second kappa shape index (κ2) is 9.01. The van der Waals surface area contributed by atoms with Crippen LogP contribution in [0.1, 0.15) is 19.8 Å². The molecule has 29 heavy (non-hydrogen) atoms. The number of halogens is 2. The number of amides is 2. The molecule has 0 radical (unpaired) electrons. The second-order valence-corrected chi connectivity index (χ2v) is 10.4. The Bertz CT molecular complexity index is 992. The Morgan fingerprint density at radius 2 is 1.93 bits per heavy atom. The fourth-order valence-corrected chi connectivity index (χ4v) is 5.89. The maximum atomic E-state index is 12.8. The molecule has 1 aliphatic rings. The lowest BCUT2D eigenvalue weighted by atomic mass is 10.2. The van der Waals surface area contributed by atoms with Gasteiger partial charge in [0, 0.05) is 22.3 Å². The van der Waals surface area contributed by atoms with Crippen LogP contribution >= 0.6 is 34.5 Å². The van der Waals surface area contributed by atoms with E-state index in [1.807, 2.05) is 0 Å². The Hall–Kier alpha value is -1.65. The topological polar surface area (TPSA) is 95.6 Å². The Morgan fingerprint density at radius 3 is 2.55 bits per heavy atom. The minimum Gasteiger partial charge on any atom is -0.329 e. The minimum absolute atomic E-state index is 0.130. The van der Waals surface area contributed by atoms with Crippen LogP contribution in [0.5, 0.6) is 0 Å². The third-order valence-electron chi connectivity index (χ3n) is 4.43. The van der Waals surface area contributed by atoms with Gasteiger partial charge < -0.3 is 10.2 Å². The average Bonchev–Trinajstić information content (AvgIpc) is 3.31. The minimum atomic E-state index is -3.80. The van der Waals surface area contributed by atoms with Gasteiger partial charge in [-0.2, -0.15) is 4.72 Å². The fraction of sp³-hybridized carbons (Fsp3) is 0.333. The molecular weight excluding hydrogens is 457 g/mol. The lowest BCUT2D eigenvalue weighted by Crippen LogP contribution is -2.51. The Balaban J connectivity index is 1.69. The highest BCUT2D eigenvalue weighted by molar-refractivity contribution is 7.91. The molecule has 0 saturated carbocycles. The van der Waals surface area contributed by atoms with Gasteiger partial charge in [0.2, 0.25) is 11.8 Å². The molecule has 2 heterocycles. The zero-order valence-electron chi connectivity index (χ0n) is 15.4. The molecule has 3 rings (SSSR count). The number of hydrogen-bond acceptors (Lipinski definition) is 5. The van der Waals surface area contributed by atoms with Gasteiger partial charge in [0.1, 0.15) is 10.3 Å². The molecule has 1 aromatic heterocycles. The lowest BCUT2D eigenvalue weighted by molar-refractivity contribution is -0.137. The molecule has 2 N–H and O–H groups in total. The molecule has 1 fully saturated rings. The van der Waals surface area contributed by atoms with Crippen molar-refractivity contribution in [3.63, 3.8) is 0 Å². The number of likely N-dealkylation sites (tertiary alicyclic amines) is 1. The summed E-state index contributed by atoms with van der Waals surface area (Å²) < 4.78 is 27.2. The molecule has 0 spiro atoms. The lowest BCUT2D eigenvalue weighted by Gasteiger charge is -2.27. The predicted molar refractivity (Wildman–Crippen MR) is 114 cm³/mol. The van der Waals surface area contributed by atoms with E-state index >= 15 is 0 Å². The van der Waals surface area contributed by atoms with Crippen LogP contribution in [0.25, 0.3) is 0 Å². The van der Waals surface area contributed by atoms with Crippen molar-refractivity contribution < 1.29 is 18.0 Å². The molecule has 2 aromatic rings. The molecule has 156 valence electrons. The number of anilines is 1. The van der Waals surface area contributed by atoms with Gasteiger partial charge in [0.15, 0.2) is 0 Å². The highest BCUT2D eigenvalue weighted by atomic mass is 35.5. The molecule has 11 heteroatoms. The summed E-state index contributed by atoms with van der Waals surface area (Å²) in [6.45, 7) is 1.84. The summed E-state index contributed by atoms with van der Waals surface area (Å²) in [5.74, 6) is -0.825. The van der Waals surface area contributed by atoms with Gasteiger partial charge in [0.05, 0.1) is 6.04 Å². The highest BCUT2D eigenvalue weighted by Crippen LogP contribution is 2.25. The number of carbonyl (C=O) groups is 2. The quantitative estimate of drug-likeness (QED) is 0.669. The number of sulfonamides is 1. The summed E-state index contributed by atoms with van der Waals surface area (Å²) >= 11 is 13.0. The first-order valence-corrected chi connectivity index (χ1v) is 11.9. The van der Waals surface area contributed by atoms with E-state index in [0.29, 0.717) is 35.1 Å². The first-order chi connectivity index (χ1) is 13.7. The first-order valence-electron chi connectivity index (χ1n) is 8.80. The third-order valence-corrected chi connectivity index (χ3v) is 7.81. The van der Waals surface area contributed by atoms with Crippen molar-refractivity contribution in [1.29, 1.82) is 0 Å². The molecular formula is C18H19Cl2N3O4S2. The van der Waals surface area contributed by atoms with E-state index in [1.165, 1.54) is 17.9 Å². The van der Waals surface area contributed by atoms with Crippen molar-refractivity contribution in [1.82, 2.24) is 9.62 Å². The van der Waals surface area contributed by atoms with Crippen LogP contribution in [-0.4, -0.2) is 43.8 Å². The van der Waals surface area contributed by atoms with E-state index in [0.717, 1.165) is 11.3 Å². The van der Waals surface area contributed by atoms with Crippen LogP contribution in [0, 0.1) is 0 Å². The van der Waals surface area contributed by atoms with Crippen molar-refractivity contribution in [3.8, 4) is 0 Å². The van der Waals surface area contributed by atoms with E-state index in [9.17, 15) is 18.0 Å². The van der Waals surface area contributed by atoms with E-state index < -0.39 is 28.0 Å². The van der Waals surface area contributed by atoms with Crippen molar-refractivity contribution in [2.24, 2.45) is 0 Å². The van der Waals surface area contributed by atoms with Crippen LogP contribution in [0.4, 0.5) is 5.69 Å². The van der Waals surface area contributed by atoms with Gasteiger partial charge in [-0.25, -0.2) is 8.42 Å². The highest BCUT2D eigenvalue weighted by Gasteiger charge is 2.37. The Morgan fingerprint density at radius 1 is 1.24 bits per heavy atom. The molecule has 1 saturated heterocycles. The summed E-state index contributed by atoms with van der Waals surface area (Å²) in [7, 11) is -3.80. The maximum absolute atomic E-state index is 12.8. The normalized spacial score (nSPS) is 17.9. The zero-order chi connectivity index (χ0) is 21.2. The first kappa shape index (κ1) is 22.0. The van der Waals surface area contributed by atoms with Gasteiger partial charge in [-0.15, -0.1) is 11.3 Å². The Labute approximate surface area is 183 Å². The van der Waals surface area contributed by atoms with E-state index in [-0.39, 0.29) is 10.1 Å². The van der Waals surface area contributed by atoms with Gasteiger partial charge in [-0.05, 0) is 49.4 Å². The number of nitrogens with zero attached hydrogens (tertiary/aromatic N) is 1. The number of hydrogen-bond donors (Lipinski definition) is 2. The van der Waals surface area contributed by atoms with Crippen molar-refractivity contribution in [3.05, 3.63) is 45.8 Å². The Kier molecular flexibility index (Phi) is 6.85. The second-order valence-electron chi connectivity index (χ2n) is 6.61. The van der Waals surface area contributed by atoms with Crippen LogP contribution < -0.4 is 10.0 Å². The number of benzene rings is 1. The SMILES string of the molecule is CC(NS(=O)(=O)c1cccs1)C(=O)N1CCCC1C(=O)Nc1cc(Cl)cc(Cl)c1. The van der Waals surface area contributed by atoms with E-state index in [2.05, 4.69) is 10.0 Å². The summed E-state index contributed by atoms with van der Waals surface area (Å²) in [4.78, 5) is 27.0. The average molecular weight is 476 g/mol. The molecule has 2 amide bonds. The molecule has 2 unspecified atom stereocenters. The zero-order valence-corrected chi connectivity index (χ0v) is 18.5. The number of nitrogens with one attached hydrogen (secondary N) is 2. The summed E-state index contributed by atoms with van der Waals surface area (Å²) in [6.07, 6.45) is 1.13. The van der Waals surface area contributed by atoms with Crippen LogP contribution in [0.2, 0.25) is 10.0 Å². The van der Waals surface area contributed by atoms with Crippen molar-refractivity contribution in [2.45, 2.75) is 36.1 Å². The monoisotopic (exact) mass is 475 g/mol. The molecule has 1 aliphatic heterocycles. The molecule has 1 aromatic carbocycles. The van der Waals surface area contributed by atoms with Crippen LogP contribution in [0.15, 0.2) is 39.9 Å². The fourth-order valence-electron chi connectivity index (χ4n) is 3.16. The van der Waals surface area contributed by atoms with Gasteiger partial charge in [-0.1, -0.05) is 29.3 Å². The largest absolute Gasteiger partial charge is 0.329 e. The molecule has 7 nitrogen and oxygen atoms in total. The van der Waals surface area contributed by atoms with Crippen molar-refractivity contribution in [2.75, 3.05) is 11.9 Å². The van der Waals surface area contributed by atoms with E-state index in [4.69, 9.17) is 23.2 Å². The van der Waals surface area contributed by atoms with Crippen LogP contribution in [0.3, 0.4) is 0 Å². The molecule has 0 bridgehead atoms. The smallest absolute Gasteiger partial charge is 0.250 e. The van der Waals surface area contributed by atoms with E-state index in [1.54, 1.807) is 29.6 Å². The third kappa shape index (κ3) is 5.29. The standard InChI is InChI=1S/C18H19Cl2N3O4S2/c1-11(22-29(26,27)16-5-3-7-28-16)18(25)23-6-2-4-15(23)17(24)21-14-9-12(19)8-13(20)10-14/h3,5,7-11,15,22H,2,4,6H2,1H3,(H,21,24). The summed E-state index contributed by atoms with van der Waals surface area (Å²) in [5.41, 5.74) is 0.429. The van der Waals surface area contributed by atoms with Crippen LogP contribution in [-0.2, 0) is 19.6 Å². The van der Waals surface area contributed by atoms with Gasteiger partial charge >= 0.3 is 0 Å². The predicted octanol–water partition coefficient (Wildman–Crippen LogP) is 3.35. The number of carbonyl (C=O) groups excluding carboxylic acids is 2. The molecule has 0 aliphatic carbocycles. The van der Waals surface area contributed by atoms with Gasteiger partial charge in [0.25, 0.3) is 10.0 Å². The molecule has 2 atom stereocenters.